The van der Waals surface area contributed by atoms with E-state index in [-0.39, 0.29) is 18.1 Å². The molecule has 0 aromatic heterocycles. The fourth-order valence-electron chi connectivity index (χ4n) is 3.29. The Hall–Kier alpha value is -1.46. The van der Waals surface area contributed by atoms with Gasteiger partial charge in [-0.1, -0.05) is 49.3 Å². The second-order valence-electron chi connectivity index (χ2n) is 6.63. The monoisotopic (exact) mass is 408 g/mol. The number of halogens is 1. The minimum Gasteiger partial charge on any atom is -0.481 e. The highest BCUT2D eigenvalue weighted by Crippen LogP contribution is 2.33. The smallest absolute Gasteiger partial charge is 0.303 e. The number of aliphatic carboxylic acids is 1. The van der Waals surface area contributed by atoms with Gasteiger partial charge in [0, 0.05) is 17.9 Å². The highest BCUT2D eigenvalue weighted by Gasteiger charge is 2.27. The normalized spacial score (nSPS) is 24.7. The van der Waals surface area contributed by atoms with Crippen molar-refractivity contribution < 1.29 is 19.8 Å². The second kappa shape index (κ2) is 9.88. The third-order valence-electron chi connectivity index (χ3n) is 4.74. The van der Waals surface area contributed by atoms with Gasteiger partial charge in [-0.05, 0) is 47.5 Å². The molecule has 2 atom stereocenters. The molecule has 0 aliphatic heterocycles. The first-order valence-corrected chi connectivity index (χ1v) is 9.65. The van der Waals surface area contributed by atoms with Gasteiger partial charge >= 0.3 is 5.97 Å². The Morgan fingerprint density at radius 1 is 1.36 bits per heavy atom. The van der Waals surface area contributed by atoms with Crippen LogP contribution in [-0.2, 0) is 9.59 Å². The Labute approximate surface area is 157 Å². The number of hydrogen-bond acceptors (Lipinski definition) is 3. The number of hydrogen-bond donors (Lipinski definition) is 2. The van der Waals surface area contributed by atoms with Crippen LogP contribution < -0.4 is 0 Å². The maximum atomic E-state index is 12.2. The highest BCUT2D eigenvalue weighted by atomic mass is 79.9. The maximum Gasteiger partial charge on any atom is 0.303 e. The van der Waals surface area contributed by atoms with Crippen LogP contribution in [0, 0.1) is 11.8 Å². The molecule has 0 bridgehead atoms. The third kappa shape index (κ3) is 6.08. The van der Waals surface area contributed by atoms with Gasteiger partial charge in [-0.3, -0.25) is 9.59 Å². The quantitative estimate of drug-likeness (QED) is 0.356. The van der Waals surface area contributed by atoms with Crippen molar-refractivity contribution in [1.82, 2.24) is 0 Å². The Morgan fingerprint density at radius 3 is 2.76 bits per heavy atom. The number of Topliss-reactive ketones (excluding diaryl/α,β-unsaturated/α-hetero) is 1. The molecule has 0 amide bonds. The van der Waals surface area contributed by atoms with E-state index >= 15 is 0 Å². The first-order chi connectivity index (χ1) is 12.0. The summed E-state index contributed by atoms with van der Waals surface area (Å²) >= 11 is 3.29. The molecule has 2 unspecified atom stereocenters. The average Bonchev–Trinajstić information content (AvgIpc) is 3.19. The minimum atomic E-state index is -0.795. The molecule has 1 fully saturated rings. The minimum absolute atomic E-state index is 0.0415. The number of unbranched alkanes of at least 4 members (excludes halogenated alkanes) is 1. The van der Waals surface area contributed by atoms with Gasteiger partial charge in [0.15, 0.2) is 5.78 Å². The van der Waals surface area contributed by atoms with E-state index in [0.717, 1.165) is 12.8 Å². The van der Waals surface area contributed by atoms with Crippen LogP contribution in [0.4, 0.5) is 0 Å². The summed E-state index contributed by atoms with van der Waals surface area (Å²) in [5.74, 6) is -0.638. The van der Waals surface area contributed by atoms with Gasteiger partial charge in [0.05, 0.1) is 10.6 Å². The molecular weight excluding hydrogens is 384 g/mol. The second-order valence-corrected chi connectivity index (χ2v) is 7.48. The zero-order chi connectivity index (χ0) is 18.2. The summed E-state index contributed by atoms with van der Waals surface area (Å²) in [6.45, 7) is 0. The van der Waals surface area contributed by atoms with Crippen LogP contribution >= 0.6 is 15.9 Å². The summed E-state index contributed by atoms with van der Waals surface area (Å²) in [5, 5.41) is 18.9. The van der Waals surface area contributed by atoms with Gasteiger partial charge in [-0.25, -0.2) is 0 Å². The number of carbonyl (C=O) groups is 2. The maximum absolute atomic E-state index is 12.2. The molecule has 0 spiro atoms. The first kappa shape index (κ1) is 19.9. The molecule has 4 nitrogen and oxygen atoms in total. The molecule has 2 aliphatic rings. The van der Waals surface area contributed by atoms with Gasteiger partial charge in [0.25, 0.3) is 0 Å². The Balaban J connectivity index is 1.95. The summed E-state index contributed by atoms with van der Waals surface area (Å²) in [5.41, 5.74) is 0.663. The number of allylic oxidation sites excluding steroid dienone is 7. The van der Waals surface area contributed by atoms with E-state index in [4.69, 9.17) is 5.11 Å². The van der Waals surface area contributed by atoms with Crippen LogP contribution in [0.1, 0.15) is 44.9 Å². The molecule has 0 aromatic rings. The van der Waals surface area contributed by atoms with Crippen LogP contribution in [0.2, 0.25) is 0 Å². The summed E-state index contributed by atoms with van der Waals surface area (Å²) < 4.78 is 0.544. The number of aliphatic hydroxyl groups excluding tert-OH is 1. The lowest BCUT2D eigenvalue weighted by Gasteiger charge is -2.14. The number of carboxylic acids is 1. The largest absolute Gasteiger partial charge is 0.481 e. The number of aliphatic hydroxyl groups is 1. The fraction of sp³-hybridized carbons (Fsp3) is 0.500. The molecule has 1 saturated carbocycles. The van der Waals surface area contributed by atoms with Crippen LogP contribution in [0.25, 0.3) is 0 Å². The third-order valence-corrected chi connectivity index (χ3v) is 5.36. The molecular formula is C20H25BrO4. The molecule has 2 aliphatic carbocycles. The summed E-state index contributed by atoms with van der Waals surface area (Å²) in [7, 11) is 0. The van der Waals surface area contributed by atoms with E-state index < -0.39 is 12.1 Å². The van der Waals surface area contributed by atoms with E-state index in [1.807, 2.05) is 30.4 Å². The Morgan fingerprint density at radius 2 is 2.08 bits per heavy atom. The standard InChI is InChI=1S/C20H25BrO4/c21-17-13-15(11-12-18(22)14-7-5-6-8-14)16(20(17)25)9-3-1-2-4-10-19(23)24/h1,3,9,11-15,18,22H,2,4-8,10H2,(H,23,24)/b3-1+,12-11+,16-9-. The van der Waals surface area contributed by atoms with E-state index in [2.05, 4.69) is 15.9 Å². The van der Waals surface area contributed by atoms with Crippen molar-refractivity contribution in [3.8, 4) is 0 Å². The van der Waals surface area contributed by atoms with Gasteiger partial charge < -0.3 is 10.2 Å². The van der Waals surface area contributed by atoms with Crippen LogP contribution in [0.15, 0.2) is 46.5 Å². The van der Waals surface area contributed by atoms with Gasteiger partial charge in [-0.2, -0.15) is 0 Å². The number of ketones is 1. The van der Waals surface area contributed by atoms with E-state index in [9.17, 15) is 14.7 Å². The van der Waals surface area contributed by atoms with Crippen molar-refractivity contribution in [2.75, 3.05) is 0 Å². The Bertz CT molecular complexity index is 609. The van der Waals surface area contributed by atoms with Gasteiger partial charge in [0.2, 0.25) is 0 Å². The zero-order valence-electron chi connectivity index (χ0n) is 14.2. The van der Waals surface area contributed by atoms with Crippen LogP contribution in [0.3, 0.4) is 0 Å². The molecule has 5 heteroatoms. The topological polar surface area (TPSA) is 74.6 Å². The molecule has 0 radical (unpaired) electrons. The SMILES string of the molecule is O=C(O)CCC/C=C/C=C1\C(=O)C(Br)=CC1/C=C/C(O)C1CCCC1. The van der Waals surface area contributed by atoms with Crippen LogP contribution in [0.5, 0.6) is 0 Å². The molecule has 0 aromatic carbocycles. The Kier molecular flexibility index (Phi) is 7.85. The van der Waals surface area contributed by atoms with E-state index in [0.29, 0.717) is 28.8 Å². The van der Waals surface area contributed by atoms with Crippen LogP contribution in [-0.4, -0.2) is 28.1 Å². The lowest BCUT2D eigenvalue weighted by molar-refractivity contribution is -0.137. The zero-order valence-corrected chi connectivity index (χ0v) is 15.8. The highest BCUT2D eigenvalue weighted by molar-refractivity contribution is 9.12. The fourth-order valence-corrected chi connectivity index (χ4v) is 3.80. The van der Waals surface area contributed by atoms with Crippen molar-refractivity contribution in [2.45, 2.75) is 51.0 Å². The lowest BCUT2D eigenvalue weighted by Crippen LogP contribution is -2.14. The molecule has 136 valence electrons. The van der Waals surface area contributed by atoms with Gasteiger partial charge in [0.1, 0.15) is 0 Å². The molecule has 0 heterocycles. The van der Waals surface area contributed by atoms with Crippen molar-refractivity contribution in [1.29, 1.82) is 0 Å². The van der Waals surface area contributed by atoms with Crippen molar-refractivity contribution in [3.05, 3.63) is 46.5 Å². The predicted molar refractivity (Wildman–Crippen MR) is 101 cm³/mol. The lowest BCUT2D eigenvalue weighted by atomic mass is 9.96. The molecule has 25 heavy (non-hydrogen) atoms. The summed E-state index contributed by atoms with van der Waals surface area (Å²) in [6.07, 6.45) is 16.5. The van der Waals surface area contributed by atoms with Crippen molar-refractivity contribution >= 4 is 27.7 Å². The predicted octanol–water partition coefficient (Wildman–Crippen LogP) is 4.31. The van der Waals surface area contributed by atoms with E-state index in [1.54, 1.807) is 6.08 Å². The van der Waals surface area contributed by atoms with Gasteiger partial charge in [-0.15, -0.1) is 0 Å². The number of carboxylic acid groups (broad SMARTS) is 1. The number of carbonyl (C=O) groups excluding carboxylic acids is 1. The molecule has 2 N–H and O–H groups in total. The molecule has 2 rings (SSSR count). The van der Waals surface area contributed by atoms with Crippen molar-refractivity contribution in [2.24, 2.45) is 11.8 Å². The first-order valence-electron chi connectivity index (χ1n) is 8.86. The summed E-state index contributed by atoms with van der Waals surface area (Å²) in [6, 6.07) is 0. The average molecular weight is 409 g/mol. The van der Waals surface area contributed by atoms with E-state index in [1.165, 1.54) is 12.8 Å². The van der Waals surface area contributed by atoms with Crippen molar-refractivity contribution in [3.63, 3.8) is 0 Å². The number of rotatable bonds is 8. The summed E-state index contributed by atoms with van der Waals surface area (Å²) in [4.78, 5) is 22.7. The molecule has 0 saturated heterocycles.